The average molecular weight is 247 g/mol. The normalized spacial score (nSPS) is 10.9. The van der Waals surface area contributed by atoms with E-state index in [0.29, 0.717) is 19.5 Å². The molecule has 0 aromatic heterocycles. The molecule has 0 atom stereocenters. The number of nitrogens with zero attached hydrogens (tertiary/aromatic N) is 1. The number of aliphatic carboxylic acids is 2. The predicted octanol–water partition coefficient (Wildman–Crippen LogP) is -0.872. The van der Waals surface area contributed by atoms with Crippen LogP contribution in [0.2, 0.25) is 0 Å². The molecule has 0 rings (SSSR count). The van der Waals surface area contributed by atoms with Gasteiger partial charge in [-0.05, 0) is 0 Å². The first-order valence-electron chi connectivity index (χ1n) is 5.27. The van der Waals surface area contributed by atoms with Crippen molar-refractivity contribution in [3.63, 3.8) is 0 Å². The average Bonchev–Trinajstić information content (AvgIpc) is 2.09. The molecule has 0 aliphatic heterocycles. The van der Waals surface area contributed by atoms with Gasteiger partial charge in [0.1, 0.15) is 0 Å². The number of quaternary nitrogens is 1. The van der Waals surface area contributed by atoms with Crippen LogP contribution in [0.15, 0.2) is 0 Å². The number of rotatable bonds is 8. The lowest BCUT2D eigenvalue weighted by molar-refractivity contribution is -0.895. The van der Waals surface area contributed by atoms with Crippen LogP contribution in [0, 0.1) is 0 Å². The van der Waals surface area contributed by atoms with Crippen molar-refractivity contribution in [2.24, 2.45) is 0 Å². The summed E-state index contributed by atoms with van der Waals surface area (Å²) in [5.41, 5.74) is 0. The van der Waals surface area contributed by atoms with Gasteiger partial charge in [-0.15, -0.1) is 0 Å². The van der Waals surface area contributed by atoms with Crippen molar-refractivity contribution in [2.45, 2.75) is 13.3 Å². The van der Waals surface area contributed by atoms with Crippen LogP contribution in [-0.4, -0.2) is 65.8 Å². The molecule has 0 saturated heterocycles. The minimum absolute atomic E-state index is 0.0791. The molecule has 0 aromatic rings. The second kappa shape index (κ2) is 6.85. The third-order valence-corrected chi connectivity index (χ3v) is 2.28. The van der Waals surface area contributed by atoms with E-state index in [1.165, 1.54) is 6.92 Å². The summed E-state index contributed by atoms with van der Waals surface area (Å²) in [7, 11) is 1.58. The van der Waals surface area contributed by atoms with Crippen molar-refractivity contribution in [3.8, 4) is 0 Å². The lowest BCUT2D eigenvalue weighted by atomic mass is 10.3. The van der Waals surface area contributed by atoms with E-state index in [1.807, 2.05) is 0 Å². The van der Waals surface area contributed by atoms with E-state index < -0.39 is 11.9 Å². The first-order valence-corrected chi connectivity index (χ1v) is 5.27. The number of carboxylic acid groups (broad SMARTS) is 2. The van der Waals surface area contributed by atoms with Crippen LogP contribution in [0.4, 0.5) is 0 Å². The highest BCUT2D eigenvalue weighted by atomic mass is 16.4. The molecule has 0 fully saturated rings. The van der Waals surface area contributed by atoms with E-state index in [0.717, 1.165) is 0 Å². The van der Waals surface area contributed by atoms with Gasteiger partial charge in [-0.2, -0.15) is 0 Å². The second-order valence-electron chi connectivity index (χ2n) is 4.28. The Hall–Kier alpha value is -1.63. The summed E-state index contributed by atoms with van der Waals surface area (Å²) in [6, 6.07) is 0. The van der Waals surface area contributed by atoms with Crippen LogP contribution in [0.1, 0.15) is 13.3 Å². The zero-order chi connectivity index (χ0) is 13.5. The minimum Gasteiger partial charge on any atom is -0.477 e. The largest absolute Gasteiger partial charge is 0.477 e. The molecule has 98 valence electrons. The van der Waals surface area contributed by atoms with Crippen molar-refractivity contribution in [1.82, 2.24) is 5.32 Å². The Balaban J connectivity index is 4.23. The number of nitrogens with one attached hydrogen (secondary N) is 1. The molecule has 7 heteroatoms. The number of hydrogen-bond acceptors (Lipinski definition) is 3. The van der Waals surface area contributed by atoms with Crippen LogP contribution in [0.25, 0.3) is 0 Å². The van der Waals surface area contributed by atoms with Crippen LogP contribution < -0.4 is 5.32 Å². The lowest BCUT2D eigenvalue weighted by Gasteiger charge is -2.31. The maximum Gasteiger partial charge on any atom is 0.359 e. The zero-order valence-electron chi connectivity index (χ0n) is 10.1. The Morgan fingerprint density at radius 1 is 1.12 bits per heavy atom. The predicted molar refractivity (Wildman–Crippen MR) is 59.4 cm³/mol. The van der Waals surface area contributed by atoms with Gasteiger partial charge in [-0.3, -0.25) is 4.79 Å². The first kappa shape index (κ1) is 15.4. The quantitative estimate of drug-likeness (QED) is 0.382. The summed E-state index contributed by atoms with van der Waals surface area (Å²) in [5, 5.41) is 20.0. The number of hydrogen-bond donors (Lipinski definition) is 3. The van der Waals surface area contributed by atoms with Crippen molar-refractivity contribution in [3.05, 3.63) is 0 Å². The molecule has 0 radical (unpaired) electrons. The summed E-state index contributed by atoms with van der Waals surface area (Å²) < 4.78 is -0.0791. The zero-order valence-corrected chi connectivity index (χ0v) is 10.1. The van der Waals surface area contributed by atoms with Gasteiger partial charge in [-0.1, -0.05) is 0 Å². The lowest BCUT2D eigenvalue weighted by Crippen LogP contribution is -2.51. The Kier molecular flexibility index (Phi) is 6.19. The summed E-state index contributed by atoms with van der Waals surface area (Å²) in [6.07, 6.45) is 0.538. The third kappa shape index (κ3) is 8.21. The fourth-order valence-electron chi connectivity index (χ4n) is 1.59. The van der Waals surface area contributed by atoms with Crippen LogP contribution >= 0.6 is 0 Å². The molecule has 7 nitrogen and oxygen atoms in total. The molecule has 0 aromatic carbocycles. The monoisotopic (exact) mass is 247 g/mol. The maximum absolute atomic E-state index is 10.7. The van der Waals surface area contributed by atoms with Crippen LogP contribution in [0.3, 0.4) is 0 Å². The number of likely N-dealkylation sites (N-methyl/N-ethyl adjacent to an activating group) is 1. The number of carbonyl (C=O) groups excluding carboxylic acids is 1. The Bertz CT molecular complexity index is 287. The fraction of sp³-hybridized carbons (Fsp3) is 0.700. The SMILES string of the molecule is CC(=O)NCCC[N+](C)(CC(=O)O)CC(=O)O. The Morgan fingerprint density at radius 3 is 1.94 bits per heavy atom. The molecule has 0 unspecified atom stereocenters. The number of carboxylic acids is 2. The van der Waals surface area contributed by atoms with Crippen LogP contribution in [-0.2, 0) is 14.4 Å². The Labute approximate surface area is 99.6 Å². The molecule has 0 bridgehead atoms. The van der Waals surface area contributed by atoms with Crippen LogP contribution in [0.5, 0.6) is 0 Å². The van der Waals surface area contributed by atoms with E-state index in [4.69, 9.17) is 10.2 Å². The van der Waals surface area contributed by atoms with Gasteiger partial charge in [0, 0.05) is 19.9 Å². The van der Waals surface area contributed by atoms with E-state index in [1.54, 1.807) is 7.05 Å². The van der Waals surface area contributed by atoms with E-state index in [-0.39, 0.29) is 23.5 Å². The standard InChI is InChI=1S/C10H18N2O5/c1-8(13)11-4-3-5-12(2,6-9(14)15)7-10(16)17/h3-7H2,1-2H3,(H2-,11,13,14,15,16,17)/p+1. The third-order valence-electron chi connectivity index (χ3n) is 2.28. The topological polar surface area (TPSA) is 104 Å². The number of amides is 1. The van der Waals surface area contributed by atoms with Crippen molar-refractivity contribution in [2.75, 3.05) is 33.2 Å². The smallest absolute Gasteiger partial charge is 0.359 e. The van der Waals surface area contributed by atoms with E-state index in [2.05, 4.69) is 5.32 Å². The maximum atomic E-state index is 10.7. The fourth-order valence-corrected chi connectivity index (χ4v) is 1.59. The molecule has 0 aliphatic carbocycles. The molecule has 17 heavy (non-hydrogen) atoms. The van der Waals surface area contributed by atoms with Gasteiger partial charge < -0.3 is 20.0 Å². The molecule has 0 spiro atoms. The van der Waals surface area contributed by atoms with Gasteiger partial charge in [0.2, 0.25) is 5.91 Å². The van der Waals surface area contributed by atoms with Crippen molar-refractivity contribution in [1.29, 1.82) is 0 Å². The van der Waals surface area contributed by atoms with Gasteiger partial charge in [0.15, 0.2) is 13.1 Å². The van der Waals surface area contributed by atoms with Gasteiger partial charge in [-0.25, -0.2) is 9.59 Å². The van der Waals surface area contributed by atoms with E-state index >= 15 is 0 Å². The molecule has 0 aliphatic rings. The second-order valence-corrected chi connectivity index (χ2v) is 4.28. The van der Waals surface area contributed by atoms with Gasteiger partial charge in [0.25, 0.3) is 0 Å². The number of carbonyl (C=O) groups is 3. The van der Waals surface area contributed by atoms with Crippen molar-refractivity contribution >= 4 is 17.8 Å². The highest BCUT2D eigenvalue weighted by Gasteiger charge is 2.27. The summed E-state index contributed by atoms with van der Waals surface area (Å²) >= 11 is 0. The van der Waals surface area contributed by atoms with E-state index in [9.17, 15) is 14.4 Å². The minimum atomic E-state index is -1.03. The summed E-state index contributed by atoms with van der Waals surface area (Å²) in [6.45, 7) is 1.71. The highest BCUT2D eigenvalue weighted by molar-refractivity contribution is 5.72. The molecule has 0 saturated carbocycles. The molecule has 0 heterocycles. The van der Waals surface area contributed by atoms with Gasteiger partial charge in [0.05, 0.1) is 13.6 Å². The molecular weight excluding hydrogens is 228 g/mol. The van der Waals surface area contributed by atoms with Gasteiger partial charge >= 0.3 is 11.9 Å². The molecular formula is C10H19N2O5+. The Morgan fingerprint density at radius 2 is 1.59 bits per heavy atom. The summed E-state index contributed by atoms with van der Waals surface area (Å²) in [5.74, 6) is -2.22. The molecule has 1 amide bonds. The molecule has 3 N–H and O–H groups in total. The highest BCUT2D eigenvalue weighted by Crippen LogP contribution is 2.03. The first-order chi connectivity index (χ1) is 7.75. The van der Waals surface area contributed by atoms with Crippen molar-refractivity contribution < 1.29 is 29.1 Å². The summed E-state index contributed by atoms with van der Waals surface area (Å²) in [4.78, 5) is 31.9.